The van der Waals surface area contributed by atoms with Crippen LogP contribution in [0.2, 0.25) is 0 Å². The molecule has 4 rings (SSSR count). The molecular formula is C27H37N3O3. The summed E-state index contributed by atoms with van der Waals surface area (Å²) in [6.07, 6.45) is 9.85. The topological polar surface area (TPSA) is 75.4 Å². The molecule has 2 heterocycles. The summed E-state index contributed by atoms with van der Waals surface area (Å²) in [5, 5.41) is 11.4. The lowest BCUT2D eigenvalue weighted by Gasteiger charge is -2.43. The predicted molar refractivity (Wildman–Crippen MR) is 130 cm³/mol. The van der Waals surface area contributed by atoms with Crippen molar-refractivity contribution in [1.29, 1.82) is 0 Å². The van der Waals surface area contributed by atoms with E-state index in [1.807, 2.05) is 42.2 Å². The molecule has 33 heavy (non-hydrogen) atoms. The van der Waals surface area contributed by atoms with Crippen molar-refractivity contribution in [2.75, 3.05) is 13.1 Å². The first-order valence-corrected chi connectivity index (χ1v) is 12.5. The summed E-state index contributed by atoms with van der Waals surface area (Å²) in [6.45, 7) is 4.98. The maximum atomic E-state index is 13.0. The van der Waals surface area contributed by atoms with Gasteiger partial charge in [-0.3, -0.25) is 14.2 Å². The Morgan fingerprint density at radius 1 is 1.12 bits per heavy atom. The number of carbonyl (C=O) groups is 1. The summed E-state index contributed by atoms with van der Waals surface area (Å²) in [4.78, 5) is 32.2. The van der Waals surface area contributed by atoms with E-state index in [0.717, 1.165) is 12.0 Å². The number of aliphatic hydroxyl groups is 1. The Bertz CT molecular complexity index is 989. The van der Waals surface area contributed by atoms with Gasteiger partial charge in [-0.2, -0.15) is 0 Å². The average molecular weight is 452 g/mol. The molecule has 6 nitrogen and oxygen atoms in total. The number of aromatic nitrogens is 2. The fourth-order valence-corrected chi connectivity index (χ4v) is 5.59. The van der Waals surface area contributed by atoms with Crippen molar-refractivity contribution in [2.24, 2.45) is 11.8 Å². The van der Waals surface area contributed by atoms with Crippen molar-refractivity contribution in [3.63, 3.8) is 0 Å². The molecule has 2 atom stereocenters. The van der Waals surface area contributed by atoms with Crippen molar-refractivity contribution in [3.05, 3.63) is 53.1 Å². The van der Waals surface area contributed by atoms with E-state index in [9.17, 15) is 14.7 Å². The van der Waals surface area contributed by atoms with Crippen LogP contribution in [0.3, 0.4) is 0 Å². The number of hydrogen-bond acceptors (Lipinski definition) is 4. The summed E-state index contributed by atoms with van der Waals surface area (Å²) < 4.78 is 1.52. The van der Waals surface area contributed by atoms with Gasteiger partial charge in [-0.25, -0.2) is 4.98 Å². The number of hydrogen-bond donors (Lipinski definition) is 1. The van der Waals surface area contributed by atoms with Gasteiger partial charge < -0.3 is 10.0 Å². The summed E-state index contributed by atoms with van der Waals surface area (Å²) in [5.74, 6) is 0.924. The van der Waals surface area contributed by atoms with E-state index in [1.54, 1.807) is 0 Å². The average Bonchev–Trinajstić information content (AvgIpc) is 2.85. The summed E-state index contributed by atoms with van der Waals surface area (Å²) in [5.41, 5.74) is 0.304. The minimum atomic E-state index is -1.04. The lowest BCUT2D eigenvalue weighted by atomic mass is 9.82. The Morgan fingerprint density at radius 2 is 1.79 bits per heavy atom. The number of likely N-dealkylation sites (tertiary alicyclic amines) is 1. The first-order chi connectivity index (χ1) is 15.9. The van der Waals surface area contributed by atoms with Crippen LogP contribution in [-0.2, 0) is 4.79 Å². The number of amides is 1. The van der Waals surface area contributed by atoms with Gasteiger partial charge in [-0.15, -0.1) is 0 Å². The standard InChI is InChI=1S/C27H37N3O3/c1-20(17-22-9-5-3-6-10-22)26(32)29-15-13-27(33,14-16-29)21(2)30-19-28-24(18-25(30)31)23-11-7-4-8-12-23/h4,7-8,11-12,18-22,33H,3,5-6,9-10,13-17H2,1-2H3. The Morgan fingerprint density at radius 3 is 2.42 bits per heavy atom. The van der Waals surface area contributed by atoms with Crippen LogP contribution in [0.25, 0.3) is 11.3 Å². The van der Waals surface area contributed by atoms with Crippen LogP contribution in [0.5, 0.6) is 0 Å². The maximum absolute atomic E-state index is 13.0. The largest absolute Gasteiger partial charge is 0.388 e. The number of benzene rings is 1. The van der Waals surface area contributed by atoms with E-state index < -0.39 is 11.6 Å². The second-order valence-corrected chi connectivity index (χ2v) is 10.1. The van der Waals surface area contributed by atoms with Gasteiger partial charge in [0.1, 0.15) is 0 Å². The zero-order valence-corrected chi connectivity index (χ0v) is 19.9. The Kier molecular flexibility index (Phi) is 7.32. The first-order valence-electron chi connectivity index (χ1n) is 12.5. The Hall–Kier alpha value is -2.47. The predicted octanol–water partition coefficient (Wildman–Crippen LogP) is 4.43. The number of carbonyl (C=O) groups excluding carboxylic acids is 1. The molecule has 1 aromatic carbocycles. The van der Waals surface area contributed by atoms with Crippen molar-refractivity contribution in [3.8, 4) is 11.3 Å². The third kappa shape index (κ3) is 5.37. The van der Waals surface area contributed by atoms with Crippen LogP contribution in [0.4, 0.5) is 0 Å². The van der Waals surface area contributed by atoms with Crippen molar-refractivity contribution in [2.45, 2.75) is 76.9 Å². The highest BCUT2D eigenvalue weighted by atomic mass is 16.3. The molecule has 1 N–H and O–H groups in total. The lowest BCUT2D eigenvalue weighted by molar-refractivity contribution is -0.141. The normalized spacial score (nSPS) is 20.9. The van der Waals surface area contributed by atoms with Gasteiger partial charge >= 0.3 is 0 Å². The molecular weight excluding hydrogens is 414 g/mol. The summed E-state index contributed by atoms with van der Waals surface area (Å²) >= 11 is 0. The molecule has 1 aliphatic heterocycles. The van der Waals surface area contributed by atoms with E-state index in [4.69, 9.17) is 0 Å². The third-order valence-corrected chi connectivity index (χ3v) is 7.87. The molecule has 1 aliphatic carbocycles. The molecule has 0 bridgehead atoms. The molecule has 0 spiro atoms. The SMILES string of the molecule is CC(CC1CCCCC1)C(=O)N1CCC(O)(C(C)n2cnc(-c3ccccc3)cc2=O)CC1. The molecule has 2 aromatic rings. The minimum absolute atomic E-state index is 0.0362. The van der Waals surface area contributed by atoms with Crippen LogP contribution in [0.1, 0.15) is 71.3 Å². The van der Waals surface area contributed by atoms with Crippen LogP contribution >= 0.6 is 0 Å². The Balaban J connectivity index is 1.37. The van der Waals surface area contributed by atoms with Gasteiger partial charge in [0.05, 0.1) is 23.7 Å². The third-order valence-electron chi connectivity index (χ3n) is 7.87. The van der Waals surface area contributed by atoms with Gasteiger partial charge in [-0.05, 0) is 32.1 Å². The molecule has 2 unspecified atom stereocenters. The van der Waals surface area contributed by atoms with Crippen molar-refractivity contribution < 1.29 is 9.90 Å². The molecule has 0 radical (unpaired) electrons. The van der Waals surface area contributed by atoms with Crippen LogP contribution in [0, 0.1) is 11.8 Å². The quantitative estimate of drug-likeness (QED) is 0.705. The fraction of sp³-hybridized carbons (Fsp3) is 0.593. The summed E-state index contributed by atoms with van der Waals surface area (Å²) in [6, 6.07) is 10.7. The highest BCUT2D eigenvalue weighted by Crippen LogP contribution is 2.34. The highest BCUT2D eigenvalue weighted by molar-refractivity contribution is 5.78. The van der Waals surface area contributed by atoms with E-state index in [-0.39, 0.29) is 17.4 Å². The van der Waals surface area contributed by atoms with Crippen LogP contribution in [0.15, 0.2) is 47.5 Å². The van der Waals surface area contributed by atoms with Gasteiger partial charge in [0.15, 0.2) is 0 Å². The number of piperidine rings is 1. The van der Waals surface area contributed by atoms with Crippen LogP contribution in [-0.4, -0.2) is 44.2 Å². The maximum Gasteiger partial charge on any atom is 0.254 e. The van der Waals surface area contributed by atoms with Crippen molar-refractivity contribution in [1.82, 2.24) is 14.5 Å². The highest BCUT2D eigenvalue weighted by Gasteiger charge is 2.40. The van der Waals surface area contributed by atoms with Gasteiger partial charge in [0.25, 0.3) is 5.56 Å². The lowest BCUT2D eigenvalue weighted by Crippen LogP contribution is -2.52. The molecule has 1 amide bonds. The van der Waals surface area contributed by atoms with Crippen LogP contribution < -0.4 is 5.56 Å². The molecule has 1 saturated heterocycles. The fourth-order valence-electron chi connectivity index (χ4n) is 5.59. The smallest absolute Gasteiger partial charge is 0.254 e. The second-order valence-electron chi connectivity index (χ2n) is 10.1. The van der Waals surface area contributed by atoms with Gasteiger partial charge in [0, 0.05) is 30.6 Å². The number of nitrogens with zero attached hydrogens (tertiary/aromatic N) is 3. The van der Waals surface area contributed by atoms with E-state index >= 15 is 0 Å². The Labute approximate surface area is 196 Å². The molecule has 1 saturated carbocycles. The zero-order chi connectivity index (χ0) is 23.4. The number of rotatable bonds is 6. The zero-order valence-electron chi connectivity index (χ0n) is 19.9. The monoisotopic (exact) mass is 451 g/mol. The molecule has 2 aliphatic rings. The second kappa shape index (κ2) is 10.2. The van der Waals surface area contributed by atoms with Gasteiger partial charge in [-0.1, -0.05) is 69.4 Å². The minimum Gasteiger partial charge on any atom is -0.388 e. The molecule has 2 fully saturated rings. The van der Waals surface area contributed by atoms with Crippen molar-refractivity contribution >= 4 is 5.91 Å². The van der Waals surface area contributed by atoms with E-state index in [2.05, 4.69) is 11.9 Å². The van der Waals surface area contributed by atoms with E-state index in [0.29, 0.717) is 37.5 Å². The van der Waals surface area contributed by atoms with Gasteiger partial charge in [0.2, 0.25) is 5.91 Å². The summed E-state index contributed by atoms with van der Waals surface area (Å²) in [7, 11) is 0. The molecule has 178 valence electrons. The molecule has 6 heteroatoms. The first kappa shape index (κ1) is 23.7. The van der Waals surface area contributed by atoms with E-state index in [1.165, 1.54) is 49.1 Å². The molecule has 1 aromatic heterocycles.